The van der Waals surface area contributed by atoms with Crippen LogP contribution in [-0.2, 0) is 0 Å². The van der Waals surface area contributed by atoms with E-state index in [4.69, 9.17) is 4.74 Å². The summed E-state index contributed by atoms with van der Waals surface area (Å²) in [5.41, 5.74) is 1.44. The first kappa shape index (κ1) is 15.8. The fraction of sp³-hybridized carbons (Fsp3) is 0.684. The van der Waals surface area contributed by atoms with Gasteiger partial charge in [-0.15, -0.1) is 0 Å². The second-order valence-corrected chi connectivity index (χ2v) is 7.25. The van der Waals surface area contributed by atoms with Gasteiger partial charge in [0.15, 0.2) is 0 Å². The van der Waals surface area contributed by atoms with Crippen LogP contribution >= 0.6 is 0 Å². The van der Waals surface area contributed by atoms with Gasteiger partial charge in [-0.25, -0.2) is 0 Å². The Bertz CT molecular complexity index is 480. The van der Waals surface area contributed by atoms with Crippen molar-refractivity contribution in [3.8, 4) is 5.75 Å². The van der Waals surface area contributed by atoms with E-state index in [9.17, 15) is 0 Å². The zero-order valence-corrected chi connectivity index (χ0v) is 14.1. The van der Waals surface area contributed by atoms with Gasteiger partial charge in [-0.1, -0.05) is 24.6 Å². The predicted molar refractivity (Wildman–Crippen MR) is 91.4 cm³/mol. The Kier molecular flexibility index (Phi) is 5.04. The van der Waals surface area contributed by atoms with Crippen LogP contribution in [0.3, 0.4) is 0 Å². The molecule has 1 fully saturated rings. The summed E-state index contributed by atoms with van der Waals surface area (Å²) in [6, 6.07) is 9.07. The maximum Gasteiger partial charge on any atom is 0.124 e. The summed E-state index contributed by atoms with van der Waals surface area (Å²) in [6.45, 7) is 2.22. The number of nitrogens with zero attached hydrogens (tertiary/aromatic N) is 1. The Labute approximate surface area is 135 Å². The van der Waals surface area contributed by atoms with E-state index in [1.165, 1.54) is 44.1 Å². The molecule has 0 saturated heterocycles. The molecule has 0 amide bonds. The maximum atomic E-state index is 6.49. The molecular formula is C19H30N2O. The largest absolute Gasteiger partial charge is 0.487 e. The smallest absolute Gasteiger partial charge is 0.124 e. The lowest BCUT2D eigenvalue weighted by Crippen LogP contribution is -2.45. The number of hydrogen-bond acceptors (Lipinski definition) is 3. The highest BCUT2D eigenvalue weighted by Gasteiger charge is 2.41. The van der Waals surface area contributed by atoms with Gasteiger partial charge in [0.1, 0.15) is 11.4 Å². The number of hydrogen-bond donors (Lipinski definition) is 1. The Balaban J connectivity index is 1.70. The average molecular weight is 302 g/mol. The summed E-state index contributed by atoms with van der Waals surface area (Å²) in [6.07, 6.45) is 8.76. The summed E-state index contributed by atoms with van der Waals surface area (Å²) < 4.78 is 6.49. The van der Waals surface area contributed by atoms with Crippen molar-refractivity contribution in [1.82, 2.24) is 10.2 Å². The lowest BCUT2D eigenvalue weighted by atomic mass is 9.77. The molecular weight excluding hydrogens is 272 g/mol. The third kappa shape index (κ3) is 3.64. The van der Waals surface area contributed by atoms with E-state index >= 15 is 0 Å². The van der Waals surface area contributed by atoms with Crippen LogP contribution < -0.4 is 10.1 Å². The van der Waals surface area contributed by atoms with E-state index in [1.54, 1.807) is 0 Å². The Morgan fingerprint density at radius 2 is 1.95 bits per heavy atom. The molecule has 1 aromatic carbocycles. The average Bonchev–Trinajstić information content (AvgIpc) is 2.52. The molecule has 0 radical (unpaired) electrons. The van der Waals surface area contributed by atoms with Crippen LogP contribution in [0.25, 0.3) is 0 Å². The number of benzene rings is 1. The molecule has 2 aliphatic rings. The Morgan fingerprint density at radius 3 is 2.73 bits per heavy atom. The third-order valence-corrected chi connectivity index (χ3v) is 5.13. The number of nitrogens with one attached hydrogen (secondary N) is 1. The number of rotatable bonds is 5. The molecule has 1 aromatic rings. The van der Waals surface area contributed by atoms with Crippen LogP contribution in [0.1, 0.15) is 56.6 Å². The van der Waals surface area contributed by atoms with Crippen molar-refractivity contribution >= 4 is 0 Å². The minimum absolute atomic E-state index is 0.0891. The molecule has 0 bridgehead atoms. The first-order valence-electron chi connectivity index (χ1n) is 8.85. The van der Waals surface area contributed by atoms with Crippen molar-refractivity contribution in [1.29, 1.82) is 0 Å². The van der Waals surface area contributed by atoms with Crippen molar-refractivity contribution in [2.75, 3.05) is 27.2 Å². The summed E-state index contributed by atoms with van der Waals surface area (Å²) in [5, 5.41) is 3.80. The van der Waals surface area contributed by atoms with Gasteiger partial charge in [0.2, 0.25) is 0 Å². The number of para-hydroxylation sites is 1. The number of fused-ring (bicyclic) bond motifs is 1. The van der Waals surface area contributed by atoms with Crippen LogP contribution in [-0.4, -0.2) is 37.7 Å². The van der Waals surface area contributed by atoms with Crippen molar-refractivity contribution < 1.29 is 4.74 Å². The summed E-state index contributed by atoms with van der Waals surface area (Å²) in [5.74, 6) is 1.11. The quantitative estimate of drug-likeness (QED) is 0.838. The van der Waals surface area contributed by atoms with E-state index in [0.717, 1.165) is 25.3 Å². The van der Waals surface area contributed by atoms with Crippen molar-refractivity contribution in [2.24, 2.45) is 0 Å². The van der Waals surface area contributed by atoms with Crippen LogP contribution in [0, 0.1) is 0 Å². The van der Waals surface area contributed by atoms with Gasteiger partial charge >= 0.3 is 0 Å². The minimum Gasteiger partial charge on any atom is -0.487 e. The Morgan fingerprint density at radius 1 is 1.18 bits per heavy atom. The summed E-state index contributed by atoms with van der Waals surface area (Å²) >= 11 is 0. The second kappa shape index (κ2) is 7.01. The fourth-order valence-corrected chi connectivity index (χ4v) is 3.97. The molecule has 1 atom stereocenters. The highest BCUT2D eigenvalue weighted by molar-refractivity contribution is 5.39. The van der Waals surface area contributed by atoms with Crippen molar-refractivity contribution in [2.45, 2.75) is 56.6 Å². The molecule has 3 heteroatoms. The summed E-state index contributed by atoms with van der Waals surface area (Å²) in [4.78, 5) is 2.25. The first-order chi connectivity index (χ1) is 10.7. The maximum absolute atomic E-state index is 6.49. The minimum atomic E-state index is 0.0891. The van der Waals surface area contributed by atoms with E-state index in [1.807, 2.05) is 0 Å². The molecule has 1 N–H and O–H groups in total. The molecule has 1 aliphatic heterocycles. The zero-order chi connectivity index (χ0) is 15.4. The first-order valence-corrected chi connectivity index (χ1v) is 8.85. The fourth-order valence-electron chi connectivity index (χ4n) is 3.97. The topological polar surface area (TPSA) is 24.5 Å². The molecule has 1 unspecified atom stereocenters. The molecule has 3 nitrogen and oxygen atoms in total. The molecule has 1 aliphatic carbocycles. The van der Waals surface area contributed by atoms with Gasteiger partial charge in [-0.05, 0) is 65.4 Å². The van der Waals surface area contributed by atoms with Gasteiger partial charge in [-0.3, -0.25) is 0 Å². The highest BCUT2D eigenvalue weighted by Crippen LogP contribution is 2.45. The van der Waals surface area contributed by atoms with Crippen LogP contribution in [0.15, 0.2) is 24.3 Å². The van der Waals surface area contributed by atoms with Gasteiger partial charge in [0.05, 0.1) is 0 Å². The van der Waals surface area contributed by atoms with E-state index in [2.05, 4.69) is 48.6 Å². The highest BCUT2D eigenvalue weighted by atomic mass is 16.5. The lowest BCUT2D eigenvalue weighted by Gasteiger charge is -2.44. The molecule has 22 heavy (non-hydrogen) atoms. The van der Waals surface area contributed by atoms with Gasteiger partial charge in [-0.2, -0.15) is 0 Å². The van der Waals surface area contributed by atoms with Gasteiger partial charge in [0.25, 0.3) is 0 Å². The predicted octanol–water partition coefficient (Wildman–Crippen LogP) is 3.75. The normalized spacial score (nSPS) is 23.3. The molecule has 1 saturated carbocycles. The molecule has 122 valence electrons. The van der Waals surface area contributed by atoms with E-state index in [-0.39, 0.29) is 5.60 Å². The van der Waals surface area contributed by atoms with Crippen molar-refractivity contribution in [3.05, 3.63) is 29.8 Å². The molecule has 0 aromatic heterocycles. The second-order valence-electron chi connectivity index (χ2n) is 7.25. The summed E-state index contributed by atoms with van der Waals surface area (Å²) in [7, 11) is 4.28. The lowest BCUT2D eigenvalue weighted by molar-refractivity contribution is -0.00268. The third-order valence-electron chi connectivity index (χ3n) is 5.13. The van der Waals surface area contributed by atoms with Crippen LogP contribution in [0.2, 0.25) is 0 Å². The van der Waals surface area contributed by atoms with Crippen molar-refractivity contribution in [3.63, 3.8) is 0 Å². The molecule has 3 rings (SSSR count). The van der Waals surface area contributed by atoms with Crippen LogP contribution in [0.4, 0.5) is 0 Å². The monoisotopic (exact) mass is 302 g/mol. The van der Waals surface area contributed by atoms with E-state index < -0.39 is 0 Å². The Hall–Kier alpha value is -1.06. The number of ether oxygens (including phenoxy) is 1. The standard InChI is InChI=1S/C19H30N2O/c1-21(2)14-8-13-20-17-15-19(11-6-3-7-12-19)22-18-10-5-4-9-16(17)18/h4-5,9-10,17,20H,3,6-8,11-15H2,1-2H3. The van der Waals surface area contributed by atoms with Crippen LogP contribution in [0.5, 0.6) is 5.75 Å². The SMILES string of the molecule is CN(C)CCCNC1CC2(CCCCC2)Oc2ccccc21. The van der Waals surface area contributed by atoms with Gasteiger partial charge in [0, 0.05) is 18.0 Å². The van der Waals surface area contributed by atoms with E-state index in [0.29, 0.717) is 6.04 Å². The molecule has 1 heterocycles. The zero-order valence-electron chi connectivity index (χ0n) is 14.1. The van der Waals surface area contributed by atoms with Gasteiger partial charge < -0.3 is 15.0 Å². The molecule has 1 spiro atoms.